The lowest BCUT2D eigenvalue weighted by molar-refractivity contribution is -0.115. The van der Waals surface area contributed by atoms with Gasteiger partial charge >= 0.3 is 0 Å². The van der Waals surface area contributed by atoms with E-state index in [0.29, 0.717) is 5.57 Å². The Balaban J connectivity index is 2.07. The molecule has 0 N–H and O–H groups in total. The number of carbonyl (C=O) groups excluding carboxylic acids is 1. The molecule has 0 aliphatic carbocycles. The molecule has 1 radical (unpaired) electrons. The van der Waals surface area contributed by atoms with Crippen LogP contribution in [0.4, 0.5) is 11.4 Å². The maximum absolute atomic E-state index is 12.4. The number of anilines is 2. The number of allylic oxidation sites excluding steroid dienone is 1. The second-order valence-electron chi connectivity index (χ2n) is 6.32. The van der Waals surface area contributed by atoms with Gasteiger partial charge in [0.25, 0.3) is 5.91 Å². The molecule has 0 saturated carbocycles. The number of rotatable bonds is 4. The standard InChI is InChI=1S/C20H21N4O/c1-23(2)16-9-5-14(6-10-16)18-13-21-22-20(25)19(18)15-7-11-17(12-8-15)24(3)4/h5-13H,1-4H3. The second kappa shape index (κ2) is 6.81. The van der Waals surface area contributed by atoms with Gasteiger partial charge in [0.15, 0.2) is 0 Å². The first-order valence-electron chi connectivity index (χ1n) is 8.05. The zero-order chi connectivity index (χ0) is 18.0. The average molecular weight is 333 g/mol. The van der Waals surface area contributed by atoms with Crippen LogP contribution in [0.5, 0.6) is 0 Å². The van der Waals surface area contributed by atoms with Gasteiger partial charge in [0.05, 0.1) is 11.8 Å². The van der Waals surface area contributed by atoms with Gasteiger partial charge in [0.1, 0.15) is 0 Å². The predicted molar refractivity (Wildman–Crippen MR) is 104 cm³/mol. The van der Waals surface area contributed by atoms with E-state index in [9.17, 15) is 4.79 Å². The van der Waals surface area contributed by atoms with Crippen molar-refractivity contribution in [1.82, 2.24) is 5.43 Å². The number of nitrogens with zero attached hydrogens (tertiary/aromatic N) is 4. The minimum Gasteiger partial charge on any atom is -0.378 e. The summed E-state index contributed by atoms with van der Waals surface area (Å²) in [4.78, 5) is 16.5. The van der Waals surface area contributed by atoms with Gasteiger partial charge < -0.3 is 9.80 Å². The molecule has 0 atom stereocenters. The van der Waals surface area contributed by atoms with E-state index in [4.69, 9.17) is 0 Å². The molecule has 127 valence electrons. The molecular formula is C20H21N4O. The number of hydrogen-bond donors (Lipinski definition) is 0. The van der Waals surface area contributed by atoms with Crippen LogP contribution in [-0.4, -0.2) is 40.3 Å². The SMILES string of the molecule is CN(C)c1ccc(C2=C(c3ccc(N(C)C)cc3)C(=O)[N]N=C2)cc1. The largest absolute Gasteiger partial charge is 0.378 e. The van der Waals surface area contributed by atoms with Crippen LogP contribution in [0.3, 0.4) is 0 Å². The van der Waals surface area contributed by atoms with Crippen molar-refractivity contribution in [3.63, 3.8) is 0 Å². The van der Waals surface area contributed by atoms with Crippen LogP contribution in [0.1, 0.15) is 11.1 Å². The molecule has 1 heterocycles. The molecular weight excluding hydrogens is 312 g/mol. The monoisotopic (exact) mass is 333 g/mol. The first kappa shape index (κ1) is 16.8. The zero-order valence-electron chi connectivity index (χ0n) is 14.9. The van der Waals surface area contributed by atoms with E-state index in [0.717, 1.165) is 28.1 Å². The van der Waals surface area contributed by atoms with Crippen LogP contribution in [-0.2, 0) is 4.79 Å². The Morgan fingerprint density at radius 3 is 1.68 bits per heavy atom. The first-order chi connectivity index (χ1) is 12.0. The highest BCUT2D eigenvalue weighted by Gasteiger charge is 2.22. The molecule has 0 aromatic heterocycles. The quantitative estimate of drug-likeness (QED) is 0.864. The summed E-state index contributed by atoms with van der Waals surface area (Å²) in [6.07, 6.45) is 1.65. The van der Waals surface area contributed by atoms with Crippen molar-refractivity contribution in [2.75, 3.05) is 38.0 Å². The lowest BCUT2D eigenvalue weighted by Crippen LogP contribution is -2.18. The number of amides is 1. The van der Waals surface area contributed by atoms with E-state index in [2.05, 4.69) is 10.5 Å². The van der Waals surface area contributed by atoms with Crippen LogP contribution in [0.15, 0.2) is 53.6 Å². The minimum atomic E-state index is -0.313. The summed E-state index contributed by atoms with van der Waals surface area (Å²) in [5.41, 5.74) is 9.07. The van der Waals surface area contributed by atoms with Gasteiger partial charge in [-0.1, -0.05) is 24.3 Å². The summed E-state index contributed by atoms with van der Waals surface area (Å²) in [5.74, 6) is -0.313. The van der Waals surface area contributed by atoms with Gasteiger partial charge in [0.2, 0.25) is 0 Å². The lowest BCUT2D eigenvalue weighted by Gasteiger charge is -2.17. The van der Waals surface area contributed by atoms with E-state index in [-0.39, 0.29) is 5.91 Å². The average Bonchev–Trinajstić information content (AvgIpc) is 2.61. The smallest absolute Gasteiger partial charge is 0.296 e. The Kier molecular flexibility index (Phi) is 4.57. The lowest BCUT2D eigenvalue weighted by atomic mass is 9.93. The summed E-state index contributed by atoms with van der Waals surface area (Å²) in [5, 5.41) is 3.87. The molecule has 0 bridgehead atoms. The van der Waals surface area contributed by atoms with Crippen molar-refractivity contribution in [2.45, 2.75) is 0 Å². The number of hydrogen-bond acceptors (Lipinski definition) is 4. The number of benzene rings is 2. The molecule has 2 aromatic rings. The fourth-order valence-electron chi connectivity index (χ4n) is 2.73. The molecule has 1 aliphatic rings. The van der Waals surface area contributed by atoms with E-state index in [1.54, 1.807) is 6.21 Å². The molecule has 5 heteroatoms. The zero-order valence-corrected chi connectivity index (χ0v) is 14.9. The van der Waals surface area contributed by atoms with Crippen LogP contribution in [0, 0.1) is 0 Å². The molecule has 0 saturated heterocycles. The van der Waals surface area contributed by atoms with Crippen LogP contribution in [0.25, 0.3) is 11.1 Å². The Morgan fingerprint density at radius 2 is 1.20 bits per heavy atom. The normalized spacial score (nSPS) is 13.7. The van der Waals surface area contributed by atoms with E-state index in [1.165, 1.54) is 0 Å². The molecule has 25 heavy (non-hydrogen) atoms. The second-order valence-corrected chi connectivity index (χ2v) is 6.32. The summed E-state index contributed by atoms with van der Waals surface area (Å²) in [6.45, 7) is 0. The van der Waals surface area contributed by atoms with Gasteiger partial charge in [0, 0.05) is 45.1 Å². The summed E-state index contributed by atoms with van der Waals surface area (Å²) < 4.78 is 0. The van der Waals surface area contributed by atoms with Crippen molar-refractivity contribution < 1.29 is 4.79 Å². The van der Waals surface area contributed by atoms with Gasteiger partial charge in [-0.2, -0.15) is 5.10 Å². The minimum absolute atomic E-state index is 0.313. The van der Waals surface area contributed by atoms with E-state index in [1.807, 2.05) is 86.5 Å². The first-order valence-corrected chi connectivity index (χ1v) is 8.05. The van der Waals surface area contributed by atoms with Gasteiger partial charge in [-0.25, -0.2) is 0 Å². The Morgan fingerprint density at radius 1 is 0.720 bits per heavy atom. The topological polar surface area (TPSA) is 50.0 Å². The highest BCUT2D eigenvalue weighted by atomic mass is 16.2. The molecule has 0 spiro atoms. The Bertz CT molecular complexity index is 831. The Hall–Kier alpha value is -3.08. The molecule has 1 aliphatic heterocycles. The third-order valence-corrected chi connectivity index (χ3v) is 4.19. The fraction of sp³-hybridized carbons (Fsp3) is 0.200. The van der Waals surface area contributed by atoms with Crippen LogP contribution in [0.2, 0.25) is 0 Å². The van der Waals surface area contributed by atoms with Crippen molar-refractivity contribution in [2.24, 2.45) is 5.10 Å². The van der Waals surface area contributed by atoms with Gasteiger partial charge in [-0.05, 0) is 35.4 Å². The maximum Gasteiger partial charge on any atom is 0.296 e. The van der Waals surface area contributed by atoms with Crippen molar-refractivity contribution in [1.29, 1.82) is 0 Å². The van der Waals surface area contributed by atoms with Crippen LogP contribution >= 0.6 is 0 Å². The molecule has 0 unspecified atom stereocenters. The maximum atomic E-state index is 12.4. The van der Waals surface area contributed by atoms with Gasteiger partial charge in [-0.3, -0.25) is 4.79 Å². The summed E-state index contributed by atoms with van der Waals surface area (Å²) >= 11 is 0. The van der Waals surface area contributed by atoms with Crippen LogP contribution < -0.4 is 15.2 Å². The highest BCUT2D eigenvalue weighted by Crippen LogP contribution is 2.30. The van der Waals surface area contributed by atoms with Crippen molar-refractivity contribution in [3.8, 4) is 0 Å². The van der Waals surface area contributed by atoms with E-state index >= 15 is 0 Å². The fourth-order valence-corrected chi connectivity index (χ4v) is 2.73. The molecule has 1 amide bonds. The predicted octanol–water partition coefficient (Wildman–Crippen LogP) is 2.86. The third kappa shape index (κ3) is 3.40. The van der Waals surface area contributed by atoms with E-state index < -0.39 is 0 Å². The summed E-state index contributed by atoms with van der Waals surface area (Å²) in [7, 11) is 7.96. The molecule has 0 fully saturated rings. The summed E-state index contributed by atoms with van der Waals surface area (Å²) in [6, 6.07) is 15.9. The van der Waals surface area contributed by atoms with Gasteiger partial charge in [-0.15, -0.1) is 5.43 Å². The molecule has 5 nitrogen and oxygen atoms in total. The number of carbonyl (C=O) groups is 1. The molecule has 2 aromatic carbocycles. The molecule has 3 rings (SSSR count). The van der Waals surface area contributed by atoms with Crippen molar-refractivity contribution >= 4 is 34.6 Å². The third-order valence-electron chi connectivity index (χ3n) is 4.19. The highest BCUT2D eigenvalue weighted by molar-refractivity contribution is 6.37. The Labute approximate surface area is 148 Å². The van der Waals surface area contributed by atoms with Crippen molar-refractivity contribution in [3.05, 3.63) is 59.7 Å².